The minimum absolute atomic E-state index is 0.0284. The molecule has 0 saturated heterocycles. The zero-order valence-electron chi connectivity index (χ0n) is 8.74. The molecule has 0 radical (unpaired) electrons. The molecule has 4 heteroatoms. The number of hydrogen-bond donors (Lipinski definition) is 2. The zero-order chi connectivity index (χ0) is 11.3. The molecule has 0 unspecified atom stereocenters. The topological polar surface area (TPSA) is 55.5 Å². The first-order chi connectivity index (χ1) is 7.19. The lowest BCUT2D eigenvalue weighted by molar-refractivity contribution is 0.280. The van der Waals surface area contributed by atoms with Gasteiger partial charge in [0.2, 0.25) is 0 Å². The molecule has 84 valence electrons. The fraction of sp³-hybridized carbons (Fsp3) is 0.455. The zero-order valence-corrected chi connectivity index (χ0v) is 10.3. The van der Waals surface area contributed by atoms with Crippen LogP contribution in [-0.4, -0.2) is 18.8 Å². The first-order valence-electron chi connectivity index (χ1n) is 4.89. The number of methoxy groups -OCH3 is 1. The van der Waals surface area contributed by atoms with Crippen LogP contribution in [0.2, 0.25) is 0 Å². The predicted molar refractivity (Wildman–Crippen MR) is 63.9 cm³/mol. The summed E-state index contributed by atoms with van der Waals surface area (Å²) >= 11 is 3.41. The van der Waals surface area contributed by atoms with Crippen molar-refractivity contribution in [1.82, 2.24) is 0 Å². The Hall–Kier alpha value is -0.580. The van der Waals surface area contributed by atoms with Crippen molar-refractivity contribution in [2.24, 2.45) is 5.73 Å². The van der Waals surface area contributed by atoms with Crippen LogP contribution in [0.5, 0.6) is 5.75 Å². The van der Waals surface area contributed by atoms with E-state index in [0.29, 0.717) is 0 Å². The van der Waals surface area contributed by atoms with Gasteiger partial charge in [0, 0.05) is 12.6 Å². The average Bonchev–Trinajstić information content (AvgIpc) is 2.25. The van der Waals surface area contributed by atoms with E-state index in [2.05, 4.69) is 15.9 Å². The highest BCUT2D eigenvalue weighted by atomic mass is 79.9. The van der Waals surface area contributed by atoms with E-state index in [-0.39, 0.29) is 12.6 Å². The highest BCUT2D eigenvalue weighted by Crippen LogP contribution is 2.28. The molecule has 0 heterocycles. The Balaban J connectivity index is 2.73. The van der Waals surface area contributed by atoms with Crippen LogP contribution < -0.4 is 10.5 Å². The van der Waals surface area contributed by atoms with Crippen LogP contribution >= 0.6 is 15.9 Å². The summed E-state index contributed by atoms with van der Waals surface area (Å²) in [6, 6.07) is 5.77. The third-order valence-electron chi connectivity index (χ3n) is 2.28. The standard InChI is InChI=1S/C11H16BrNO2/c1-15-11-5-4-8(7-9(11)12)10(13)3-2-6-14/h4-5,7,10,14H,2-3,6,13H2,1H3/t10-/m0/s1. The molecule has 0 fully saturated rings. The Morgan fingerprint density at radius 2 is 2.27 bits per heavy atom. The number of aliphatic hydroxyl groups excluding tert-OH is 1. The maximum Gasteiger partial charge on any atom is 0.133 e. The summed E-state index contributed by atoms with van der Waals surface area (Å²) in [5, 5.41) is 8.71. The summed E-state index contributed by atoms with van der Waals surface area (Å²) in [4.78, 5) is 0. The number of aliphatic hydroxyl groups is 1. The molecule has 0 aromatic heterocycles. The van der Waals surface area contributed by atoms with Gasteiger partial charge in [0.25, 0.3) is 0 Å². The molecule has 1 aromatic carbocycles. The molecule has 0 aliphatic heterocycles. The molecule has 1 rings (SSSR count). The van der Waals surface area contributed by atoms with Crippen LogP contribution in [0.4, 0.5) is 0 Å². The van der Waals surface area contributed by atoms with Gasteiger partial charge in [-0.2, -0.15) is 0 Å². The summed E-state index contributed by atoms with van der Waals surface area (Å²) in [6.45, 7) is 0.186. The molecule has 0 saturated carbocycles. The smallest absolute Gasteiger partial charge is 0.133 e. The van der Waals surface area contributed by atoms with Crippen molar-refractivity contribution in [2.45, 2.75) is 18.9 Å². The van der Waals surface area contributed by atoms with E-state index in [1.54, 1.807) is 7.11 Å². The predicted octanol–water partition coefficient (Wildman–Crippen LogP) is 2.23. The van der Waals surface area contributed by atoms with E-state index in [1.165, 1.54) is 0 Å². The van der Waals surface area contributed by atoms with Gasteiger partial charge in [-0.15, -0.1) is 0 Å². The summed E-state index contributed by atoms with van der Waals surface area (Å²) in [5.74, 6) is 0.799. The summed E-state index contributed by atoms with van der Waals surface area (Å²) in [6.07, 6.45) is 1.51. The minimum Gasteiger partial charge on any atom is -0.496 e. The molecule has 0 spiro atoms. The van der Waals surface area contributed by atoms with Crippen molar-refractivity contribution in [2.75, 3.05) is 13.7 Å². The van der Waals surface area contributed by atoms with Crippen LogP contribution in [0.25, 0.3) is 0 Å². The molecule has 3 nitrogen and oxygen atoms in total. The van der Waals surface area contributed by atoms with Crippen molar-refractivity contribution in [3.63, 3.8) is 0 Å². The van der Waals surface area contributed by atoms with Crippen molar-refractivity contribution in [3.8, 4) is 5.75 Å². The van der Waals surface area contributed by atoms with Gasteiger partial charge in [-0.3, -0.25) is 0 Å². The molecule has 3 N–H and O–H groups in total. The van der Waals surface area contributed by atoms with Crippen LogP contribution in [0.3, 0.4) is 0 Å². The lowest BCUT2D eigenvalue weighted by Crippen LogP contribution is -2.10. The number of halogens is 1. The van der Waals surface area contributed by atoms with E-state index in [0.717, 1.165) is 28.6 Å². The van der Waals surface area contributed by atoms with Crippen molar-refractivity contribution >= 4 is 15.9 Å². The number of rotatable bonds is 5. The second-order valence-corrected chi connectivity index (χ2v) is 4.22. The number of ether oxygens (including phenoxy) is 1. The van der Waals surface area contributed by atoms with Gasteiger partial charge in [-0.25, -0.2) is 0 Å². The van der Waals surface area contributed by atoms with Gasteiger partial charge in [0.1, 0.15) is 5.75 Å². The van der Waals surface area contributed by atoms with Gasteiger partial charge in [-0.05, 0) is 46.5 Å². The fourth-order valence-electron chi connectivity index (χ4n) is 1.39. The SMILES string of the molecule is COc1ccc([C@@H](N)CCCO)cc1Br. The van der Waals surface area contributed by atoms with Crippen molar-refractivity contribution in [1.29, 1.82) is 0 Å². The van der Waals surface area contributed by atoms with E-state index in [1.807, 2.05) is 18.2 Å². The molecule has 1 aromatic rings. The normalized spacial score (nSPS) is 12.5. The highest BCUT2D eigenvalue weighted by molar-refractivity contribution is 9.10. The molecule has 15 heavy (non-hydrogen) atoms. The highest BCUT2D eigenvalue weighted by Gasteiger charge is 2.08. The van der Waals surface area contributed by atoms with Crippen molar-refractivity contribution in [3.05, 3.63) is 28.2 Å². The number of benzene rings is 1. The van der Waals surface area contributed by atoms with Crippen LogP contribution in [0.1, 0.15) is 24.4 Å². The quantitative estimate of drug-likeness (QED) is 0.865. The van der Waals surface area contributed by atoms with E-state index >= 15 is 0 Å². The maximum absolute atomic E-state index is 8.71. The molecule has 1 atom stereocenters. The van der Waals surface area contributed by atoms with Gasteiger partial charge in [-0.1, -0.05) is 6.07 Å². The van der Waals surface area contributed by atoms with Crippen LogP contribution in [0.15, 0.2) is 22.7 Å². The third kappa shape index (κ3) is 3.48. The van der Waals surface area contributed by atoms with E-state index in [4.69, 9.17) is 15.6 Å². The summed E-state index contributed by atoms with van der Waals surface area (Å²) in [5.41, 5.74) is 7.02. The van der Waals surface area contributed by atoms with Gasteiger partial charge < -0.3 is 15.6 Å². The molecular formula is C11H16BrNO2. The van der Waals surface area contributed by atoms with Gasteiger partial charge in [0.15, 0.2) is 0 Å². The lowest BCUT2D eigenvalue weighted by Gasteiger charge is -2.12. The minimum atomic E-state index is -0.0284. The second kappa shape index (κ2) is 6.10. The first kappa shape index (κ1) is 12.5. The molecule has 0 amide bonds. The molecule has 0 aliphatic rings. The largest absolute Gasteiger partial charge is 0.496 e. The van der Waals surface area contributed by atoms with E-state index in [9.17, 15) is 0 Å². The Labute approximate surface area is 98.4 Å². The van der Waals surface area contributed by atoms with Crippen LogP contribution in [-0.2, 0) is 0 Å². The number of nitrogens with two attached hydrogens (primary N) is 1. The Bertz CT molecular complexity index is 317. The average molecular weight is 274 g/mol. The maximum atomic E-state index is 8.71. The van der Waals surface area contributed by atoms with Crippen LogP contribution in [0, 0.1) is 0 Å². The molecule has 0 bridgehead atoms. The molecular weight excluding hydrogens is 258 g/mol. The number of hydrogen-bond acceptors (Lipinski definition) is 3. The third-order valence-corrected chi connectivity index (χ3v) is 2.90. The lowest BCUT2D eigenvalue weighted by atomic mass is 10.0. The Morgan fingerprint density at radius 3 is 2.80 bits per heavy atom. The monoisotopic (exact) mass is 273 g/mol. The van der Waals surface area contributed by atoms with E-state index < -0.39 is 0 Å². The fourth-order valence-corrected chi connectivity index (χ4v) is 1.95. The van der Waals surface area contributed by atoms with Crippen molar-refractivity contribution < 1.29 is 9.84 Å². The second-order valence-electron chi connectivity index (χ2n) is 3.37. The Kier molecular flexibility index (Phi) is 5.08. The van der Waals surface area contributed by atoms with Gasteiger partial charge in [0.05, 0.1) is 11.6 Å². The summed E-state index contributed by atoms with van der Waals surface area (Å²) in [7, 11) is 1.63. The molecule has 0 aliphatic carbocycles. The van der Waals surface area contributed by atoms with Gasteiger partial charge >= 0.3 is 0 Å². The Morgan fingerprint density at radius 1 is 1.53 bits per heavy atom. The first-order valence-corrected chi connectivity index (χ1v) is 5.68. The summed E-state index contributed by atoms with van der Waals surface area (Å²) < 4.78 is 6.04.